The van der Waals surface area contributed by atoms with Crippen LogP contribution in [-0.2, 0) is 38.0 Å². The van der Waals surface area contributed by atoms with E-state index in [0.717, 1.165) is 0 Å². The monoisotopic (exact) mass is 942 g/mol. The molecule has 68 heavy (non-hydrogen) atoms. The van der Waals surface area contributed by atoms with E-state index in [1.807, 2.05) is 52.0 Å². The quantitative estimate of drug-likeness (QED) is 0.116. The zero-order chi connectivity index (χ0) is 48.1. The number of nitrogens with one attached hydrogen (secondary N) is 4. The summed E-state index contributed by atoms with van der Waals surface area (Å²) < 4.78 is 65.6. The Kier molecular flexibility index (Phi) is 12.9. The zero-order valence-corrected chi connectivity index (χ0v) is 38.8. The molecule has 0 saturated carbocycles. The molecule has 18 nitrogen and oxygen atoms in total. The maximum Gasteiger partial charge on any atom is 0.407 e. The molecule has 2 aromatic heterocycles. The lowest BCUT2D eigenvalue weighted by Crippen LogP contribution is -2.58. The van der Waals surface area contributed by atoms with Gasteiger partial charge in [0.2, 0.25) is 11.8 Å². The summed E-state index contributed by atoms with van der Waals surface area (Å²) in [6, 6.07) is 10.6. The lowest BCUT2D eigenvalue weighted by Gasteiger charge is -2.44. The fourth-order valence-electron chi connectivity index (χ4n) is 9.87. The first-order valence-electron chi connectivity index (χ1n) is 23.0. The van der Waals surface area contributed by atoms with E-state index in [4.69, 9.17) is 28.4 Å². The first-order valence-corrected chi connectivity index (χ1v) is 23.0. The molecule has 4 amide bonds. The van der Waals surface area contributed by atoms with Gasteiger partial charge in [-0.3, -0.25) is 9.59 Å². The van der Waals surface area contributed by atoms with Gasteiger partial charge in [0.15, 0.2) is 23.2 Å². The molecule has 0 aliphatic carbocycles. The second kappa shape index (κ2) is 18.7. The normalized spacial score (nSPS) is 21.0. The van der Waals surface area contributed by atoms with E-state index >= 15 is 8.78 Å². The number of rotatable bonds is 10. The number of nitrogens with zero attached hydrogens (tertiary/aromatic N) is 4. The van der Waals surface area contributed by atoms with Crippen LogP contribution in [0.5, 0.6) is 0 Å². The molecule has 9 rings (SSSR count). The van der Waals surface area contributed by atoms with E-state index in [2.05, 4.69) is 30.6 Å². The van der Waals surface area contributed by atoms with E-state index in [1.165, 1.54) is 26.4 Å². The third-order valence-corrected chi connectivity index (χ3v) is 13.4. The number of aromatic amines is 2. The van der Waals surface area contributed by atoms with Gasteiger partial charge in [0.25, 0.3) is 0 Å². The fourth-order valence-corrected chi connectivity index (χ4v) is 9.87. The number of hydrogen-bond donors (Lipinski definition) is 4. The molecule has 20 heteroatoms. The minimum Gasteiger partial charge on any atom is -0.453 e. The van der Waals surface area contributed by atoms with Gasteiger partial charge in [0.1, 0.15) is 34.8 Å². The van der Waals surface area contributed by atoms with Gasteiger partial charge in [-0.1, -0.05) is 52.0 Å². The minimum atomic E-state index is -0.998. The Morgan fingerprint density at radius 2 is 1.00 bits per heavy atom. The topological polar surface area (TPSA) is 212 Å². The third kappa shape index (κ3) is 8.97. The van der Waals surface area contributed by atoms with Crippen LogP contribution in [0.3, 0.4) is 0 Å². The summed E-state index contributed by atoms with van der Waals surface area (Å²) in [6.07, 6.45) is 0.255. The SMILES string of the molecule is COC(=O)N[C@H](C(=O)N1CC2(CC[C@H]1c1nc3c(F)cc(-c4ccc(-c5cc(F)c6nc([C@@H]7CCC8(CN7C(=O)[C@@H](NC(=O)OC)C(C)C)OCCO8)[nH]c6c5)cc4)cc3[nH]1)OCCO2)C(C)C. The molecule has 6 heterocycles. The first kappa shape index (κ1) is 46.9. The average molecular weight is 943 g/mol. The van der Waals surface area contributed by atoms with Gasteiger partial charge in [-0.15, -0.1) is 0 Å². The second-order valence-corrected chi connectivity index (χ2v) is 18.5. The van der Waals surface area contributed by atoms with Gasteiger partial charge in [0, 0.05) is 12.8 Å². The van der Waals surface area contributed by atoms with Crippen LogP contribution in [0.25, 0.3) is 44.3 Å². The Bertz CT molecular complexity index is 2530. The predicted molar refractivity (Wildman–Crippen MR) is 242 cm³/mol. The van der Waals surface area contributed by atoms with Gasteiger partial charge in [-0.25, -0.2) is 28.3 Å². The van der Waals surface area contributed by atoms with Crippen molar-refractivity contribution < 1.29 is 56.4 Å². The second-order valence-electron chi connectivity index (χ2n) is 18.5. The summed E-state index contributed by atoms with van der Waals surface area (Å²) in [6.45, 7) is 8.98. The van der Waals surface area contributed by atoms with Crippen molar-refractivity contribution in [2.45, 2.75) is 89.1 Å². The molecule has 362 valence electrons. The molecule has 5 aromatic rings. The number of piperidine rings is 2. The van der Waals surface area contributed by atoms with Gasteiger partial charge < -0.3 is 58.8 Å². The van der Waals surface area contributed by atoms with Crippen molar-refractivity contribution in [1.82, 2.24) is 40.4 Å². The van der Waals surface area contributed by atoms with Gasteiger partial charge in [-0.2, -0.15) is 0 Å². The summed E-state index contributed by atoms with van der Waals surface area (Å²) in [7, 11) is 2.46. The highest BCUT2D eigenvalue weighted by atomic mass is 19.1. The number of amides is 4. The summed E-state index contributed by atoms with van der Waals surface area (Å²) in [5, 5.41) is 5.32. The largest absolute Gasteiger partial charge is 0.453 e. The van der Waals surface area contributed by atoms with Crippen LogP contribution in [-0.4, -0.2) is 131 Å². The number of H-pyrrole nitrogens is 2. The maximum atomic E-state index is 16.0. The number of benzene rings is 3. The maximum absolute atomic E-state index is 16.0. The number of ether oxygens (including phenoxy) is 6. The van der Waals surface area contributed by atoms with E-state index in [9.17, 15) is 19.2 Å². The van der Waals surface area contributed by atoms with Gasteiger partial charge >= 0.3 is 12.2 Å². The number of halogens is 2. The Balaban J connectivity index is 0.971. The number of methoxy groups -OCH3 is 2. The fraction of sp³-hybridized carbons (Fsp3) is 0.500. The molecular weight excluding hydrogens is 887 g/mol. The van der Waals surface area contributed by atoms with Crippen molar-refractivity contribution in [2.24, 2.45) is 11.8 Å². The molecular formula is C48H56F2N8O10. The van der Waals surface area contributed by atoms with Crippen molar-refractivity contribution in [3.8, 4) is 22.3 Å². The Hall–Kier alpha value is -6.22. The summed E-state index contributed by atoms with van der Waals surface area (Å²) >= 11 is 0. The average Bonchev–Trinajstić information content (AvgIpc) is 4.17. The molecule has 0 unspecified atom stereocenters. The van der Waals surface area contributed by atoms with Crippen LogP contribution in [0.4, 0.5) is 18.4 Å². The zero-order valence-electron chi connectivity index (χ0n) is 38.8. The van der Waals surface area contributed by atoms with Crippen LogP contribution in [0.2, 0.25) is 0 Å². The molecule has 4 aliphatic rings. The number of likely N-dealkylation sites (tertiary alicyclic amines) is 2. The predicted octanol–water partition coefficient (Wildman–Crippen LogP) is 6.63. The molecule has 2 spiro atoms. The molecule has 3 aromatic carbocycles. The van der Waals surface area contributed by atoms with Gasteiger partial charge in [0.05, 0.1) is 76.9 Å². The smallest absolute Gasteiger partial charge is 0.407 e. The third-order valence-electron chi connectivity index (χ3n) is 13.4. The van der Waals surface area contributed by atoms with Crippen LogP contribution in [0.15, 0.2) is 48.5 Å². The highest BCUT2D eigenvalue weighted by molar-refractivity contribution is 5.89. The molecule has 4 saturated heterocycles. The van der Waals surface area contributed by atoms with Crippen molar-refractivity contribution in [3.63, 3.8) is 0 Å². The summed E-state index contributed by atoms with van der Waals surface area (Å²) in [4.78, 5) is 72.1. The molecule has 4 N–H and O–H groups in total. The molecule has 0 bridgehead atoms. The van der Waals surface area contributed by atoms with Crippen LogP contribution < -0.4 is 10.6 Å². The van der Waals surface area contributed by atoms with Crippen LogP contribution in [0.1, 0.15) is 77.1 Å². The van der Waals surface area contributed by atoms with Crippen molar-refractivity contribution in [1.29, 1.82) is 0 Å². The standard InChI is InChI=1S/C48H56F2N8O10/c1-25(2)37(55-45(61)63-5)43(59)57-23-47(65-15-16-66-47)13-11-35(57)41-51-33-21-29(19-31(49)39(33)53-41)27-7-9-28(10-8-27)30-20-32(50)40-34(22-30)52-42(54-40)36-12-14-48(67-17-18-68-48)24-58(36)44(60)38(26(3)4)56-46(62)64-6/h7-10,19-22,25-26,35-38H,11-18,23-24H2,1-6H3,(H,51,53)(H,52,54)(H,55,61)(H,56,62)/t35-,36-,37-,38-/m0/s1. The van der Waals surface area contributed by atoms with Crippen molar-refractivity contribution in [2.75, 3.05) is 53.7 Å². The van der Waals surface area contributed by atoms with E-state index in [-0.39, 0.29) is 47.8 Å². The Morgan fingerprint density at radius 3 is 1.34 bits per heavy atom. The lowest BCUT2D eigenvalue weighted by molar-refractivity contribution is -0.203. The minimum absolute atomic E-state index is 0.0843. The highest BCUT2D eigenvalue weighted by Gasteiger charge is 2.50. The number of hydrogen-bond acceptors (Lipinski definition) is 12. The Labute approximate surface area is 390 Å². The van der Waals surface area contributed by atoms with E-state index in [0.29, 0.717) is 97.0 Å². The van der Waals surface area contributed by atoms with E-state index in [1.54, 1.807) is 21.9 Å². The Morgan fingerprint density at radius 1 is 0.632 bits per heavy atom. The van der Waals surface area contributed by atoms with Crippen LogP contribution in [0, 0.1) is 23.5 Å². The number of imidazole rings is 2. The van der Waals surface area contributed by atoms with Gasteiger partial charge in [-0.05, 0) is 71.2 Å². The summed E-state index contributed by atoms with van der Waals surface area (Å²) in [5.41, 5.74) is 3.56. The number of carbonyl (C=O) groups is 4. The lowest BCUT2D eigenvalue weighted by atomic mass is 9.93. The summed E-state index contributed by atoms with van der Waals surface area (Å²) in [5.74, 6) is -3.70. The molecule has 4 fully saturated rings. The highest BCUT2D eigenvalue weighted by Crippen LogP contribution is 2.42. The van der Waals surface area contributed by atoms with Crippen molar-refractivity contribution >= 4 is 46.1 Å². The molecule has 4 aliphatic heterocycles. The number of aromatic nitrogens is 4. The van der Waals surface area contributed by atoms with Crippen molar-refractivity contribution in [3.05, 3.63) is 71.8 Å². The molecule has 0 radical (unpaired) electrons. The molecule has 4 atom stereocenters. The number of carbonyl (C=O) groups excluding carboxylic acids is 4. The number of alkyl carbamates (subject to hydrolysis) is 2. The van der Waals surface area contributed by atoms with Crippen LogP contribution >= 0.6 is 0 Å². The number of fused-ring (bicyclic) bond motifs is 2. The first-order chi connectivity index (χ1) is 32.6. The van der Waals surface area contributed by atoms with E-state index < -0.39 is 59.6 Å².